The zero-order valence-corrected chi connectivity index (χ0v) is 18.9. The highest BCUT2D eigenvalue weighted by molar-refractivity contribution is 6.19. The molecule has 0 amide bonds. The van der Waals surface area contributed by atoms with Gasteiger partial charge >= 0.3 is 0 Å². The first-order chi connectivity index (χ1) is 17.8. The van der Waals surface area contributed by atoms with Crippen LogP contribution in [0.1, 0.15) is 0 Å². The lowest BCUT2D eigenvalue weighted by Crippen LogP contribution is -1.90. The van der Waals surface area contributed by atoms with Gasteiger partial charge in [-0.05, 0) is 57.9 Å². The van der Waals surface area contributed by atoms with E-state index in [1.165, 1.54) is 32.3 Å². The van der Waals surface area contributed by atoms with Gasteiger partial charge in [-0.15, -0.1) is 0 Å². The molecule has 9 aromatic rings. The van der Waals surface area contributed by atoms with E-state index in [0.29, 0.717) is 5.82 Å². The number of hydrogen-bond donors (Lipinski definition) is 0. The quantitative estimate of drug-likeness (QED) is 0.275. The molecule has 4 heterocycles. The van der Waals surface area contributed by atoms with Crippen molar-refractivity contribution in [3.05, 3.63) is 97.6 Å². The predicted molar refractivity (Wildman–Crippen MR) is 144 cm³/mol. The number of hydrogen-bond acceptors (Lipinski definition) is 4. The van der Waals surface area contributed by atoms with Crippen molar-refractivity contribution in [1.29, 1.82) is 0 Å². The molecule has 36 heavy (non-hydrogen) atoms. The number of rotatable bonds is 1. The molecule has 0 aliphatic carbocycles. The van der Waals surface area contributed by atoms with Crippen LogP contribution in [0.15, 0.2) is 97.6 Å². The molecule has 0 unspecified atom stereocenters. The molecule has 0 spiro atoms. The third kappa shape index (κ3) is 2.21. The Bertz CT molecular complexity index is 2310. The average molecular weight is 461 g/mol. The van der Waals surface area contributed by atoms with E-state index in [9.17, 15) is 0 Å². The molecule has 0 atom stereocenters. The summed E-state index contributed by atoms with van der Waals surface area (Å²) in [5.41, 5.74) is 6.44. The molecule has 4 aromatic heterocycles. The van der Waals surface area contributed by atoms with Crippen LogP contribution in [0.25, 0.3) is 77.1 Å². The molecular weight excluding hydrogens is 444 g/mol. The maximum absolute atomic E-state index is 5.17. The Morgan fingerprint density at radius 1 is 0.556 bits per heavy atom. The van der Waals surface area contributed by atoms with Crippen molar-refractivity contribution in [2.24, 2.45) is 0 Å². The van der Waals surface area contributed by atoms with Crippen LogP contribution in [0.5, 0.6) is 0 Å². The fraction of sp³-hybridized carbons (Fsp3) is 0. The lowest BCUT2D eigenvalue weighted by atomic mass is 10.0. The summed E-state index contributed by atoms with van der Waals surface area (Å²) in [5, 5.41) is 7.19. The van der Waals surface area contributed by atoms with E-state index in [2.05, 4.69) is 109 Å². The third-order valence-electron chi connectivity index (χ3n) is 7.41. The minimum Gasteiger partial charge on any atom is -0.277 e. The fourth-order valence-electron chi connectivity index (χ4n) is 5.84. The monoisotopic (exact) mass is 460 g/mol. The van der Waals surface area contributed by atoms with Gasteiger partial charge in [0.05, 0.1) is 27.6 Å². The van der Waals surface area contributed by atoms with E-state index >= 15 is 0 Å². The molecular formula is C30H16N6. The second kappa shape index (κ2) is 6.31. The first-order valence-electron chi connectivity index (χ1n) is 11.9. The van der Waals surface area contributed by atoms with E-state index in [1.54, 1.807) is 12.7 Å². The summed E-state index contributed by atoms with van der Waals surface area (Å²) in [6.45, 7) is 0. The van der Waals surface area contributed by atoms with Gasteiger partial charge < -0.3 is 0 Å². The second-order valence-corrected chi connectivity index (χ2v) is 9.34. The maximum Gasteiger partial charge on any atom is 0.220 e. The Labute approximate surface area is 203 Å². The molecule has 0 radical (unpaired) electrons. The van der Waals surface area contributed by atoms with Crippen LogP contribution in [-0.2, 0) is 0 Å². The van der Waals surface area contributed by atoms with Gasteiger partial charge in [-0.1, -0.05) is 48.5 Å². The van der Waals surface area contributed by atoms with Crippen LogP contribution in [-0.4, -0.2) is 28.7 Å². The Balaban J connectivity index is 1.56. The first kappa shape index (κ1) is 18.3. The normalized spacial score (nSPS) is 12.4. The molecule has 0 fully saturated rings. The Hall–Kier alpha value is -5.10. The van der Waals surface area contributed by atoms with Crippen molar-refractivity contribution < 1.29 is 0 Å². The highest BCUT2D eigenvalue weighted by Crippen LogP contribution is 2.40. The van der Waals surface area contributed by atoms with Crippen LogP contribution in [0, 0.1) is 0 Å². The molecule has 0 saturated carbocycles. The number of aromatic nitrogens is 6. The van der Waals surface area contributed by atoms with Crippen LogP contribution in [0.2, 0.25) is 0 Å². The van der Waals surface area contributed by atoms with Crippen molar-refractivity contribution in [1.82, 2.24) is 28.7 Å². The van der Waals surface area contributed by atoms with Crippen molar-refractivity contribution in [3.8, 4) is 11.4 Å². The van der Waals surface area contributed by atoms with Gasteiger partial charge in [-0.3, -0.25) is 8.80 Å². The van der Waals surface area contributed by atoms with Gasteiger partial charge in [0, 0.05) is 16.3 Å². The fourth-order valence-corrected chi connectivity index (χ4v) is 5.84. The minimum absolute atomic E-state index is 0.660. The van der Waals surface area contributed by atoms with Gasteiger partial charge in [0.1, 0.15) is 12.7 Å². The van der Waals surface area contributed by atoms with Gasteiger partial charge in [0.2, 0.25) is 5.78 Å². The SMILES string of the molecule is c1ccc2cc3c(cc2c1)nc1n3c2cc(-c3ncncn3)cc3c4cc5ccccc5cc4n1c32. The predicted octanol–water partition coefficient (Wildman–Crippen LogP) is 6.64. The second-order valence-electron chi connectivity index (χ2n) is 9.34. The third-order valence-corrected chi connectivity index (χ3v) is 7.41. The molecule has 6 heteroatoms. The van der Waals surface area contributed by atoms with E-state index in [0.717, 1.165) is 38.9 Å². The van der Waals surface area contributed by atoms with Crippen molar-refractivity contribution >= 4 is 65.7 Å². The lowest BCUT2D eigenvalue weighted by molar-refractivity contribution is 1.06. The van der Waals surface area contributed by atoms with Crippen LogP contribution < -0.4 is 0 Å². The molecule has 9 rings (SSSR count). The Morgan fingerprint density at radius 3 is 1.97 bits per heavy atom. The van der Waals surface area contributed by atoms with Crippen molar-refractivity contribution in [2.75, 3.05) is 0 Å². The smallest absolute Gasteiger partial charge is 0.220 e. The first-order valence-corrected chi connectivity index (χ1v) is 11.9. The van der Waals surface area contributed by atoms with Crippen LogP contribution in [0.3, 0.4) is 0 Å². The van der Waals surface area contributed by atoms with Gasteiger partial charge in [-0.25, -0.2) is 19.9 Å². The zero-order chi connectivity index (χ0) is 23.4. The summed E-state index contributed by atoms with van der Waals surface area (Å²) in [6.07, 6.45) is 3.10. The van der Waals surface area contributed by atoms with Gasteiger partial charge in [-0.2, -0.15) is 0 Å². The number of benzene rings is 5. The van der Waals surface area contributed by atoms with E-state index in [-0.39, 0.29) is 0 Å². The Kier molecular flexibility index (Phi) is 3.20. The summed E-state index contributed by atoms with van der Waals surface area (Å²) in [6, 6.07) is 30.3. The minimum atomic E-state index is 0.660. The number of fused-ring (bicyclic) bond motifs is 10. The highest BCUT2D eigenvalue weighted by atomic mass is 15.2. The average Bonchev–Trinajstić information content (AvgIpc) is 3.55. The molecule has 0 aliphatic rings. The summed E-state index contributed by atoms with van der Waals surface area (Å²) in [7, 11) is 0. The molecule has 0 bridgehead atoms. The topological polar surface area (TPSA) is 60.4 Å². The van der Waals surface area contributed by atoms with Gasteiger partial charge in [0.15, 0.2) is 5.82 Å². The number of nitrogens with zero attached hydrogens (tertiary/aromatic N) is 6. The van der Waals surface area contributed by atoms with Crippen molar-refractivity contribution in [2.45, 2.75) is 0 Å². The van der Waals surface area contributed by atoms with E-state index in [1.807, 2.05) is 0 Å². The Morgan fingerprint density at radius 2 is 1.22 bits per heavy atom. The lowest BCUT2D eigenvalue weighted by Gasteiger charge is -2.04. The standard InChI is InChI=1S/C30H16N6/c1-3-7-19-12-25-22(9-17(19)5-1)23-10-21(29-32-15-31-16-33-29)14-27-28(23)36(25)30-34-24-11-18-6-2-4-8-20(18)13-26(24)35(27)30/h1-16H. The summed E-state index contributed by atoms with van der Waals surface area (Å²) in [4.78, 5) is 18.1. The summed E-state index contributed by atoms with van der Waals surface area (Å²) in [5.74, 6) is 1.58. The molecule has 5 aromatic carbocycles. The van der Waals surface area contributed by atoms with Gasteiger partial charge in [0.25, 0.3) is 0 Å². The maximum atomic E-state index is 5.17. The van der Waals surface area contributed by atoms with Crippen LogP contribution in [0.4, 0.5) is 0 Å². The molecule has 166 valence electrons. The number of imidazole rings is 2. The largest absolute Gasteiger partial charge is 0.277 e. The molecule has 6 nitrogen and oxygen atoms in total. The van der Waals surface area contributed by atoms with E-state index in [4.69, 9.17) is 4.98 Å². The molecule has 0 aliphatic heterocycles. The molecule has 0 saturated heterocycles. The van der Waals surface area contributed by atoms with Crippen molar-refractivity contribution in [3.63, 3.8) is 0 Å². The molecule has 0 N–H and O–H groups in total. The summed E-state index contributed by atoms with van der Waals surface area (Å²) >= 11 is 0. The van der Waals surface area contributed by atoms with Crippen LogP contribution >= 0.6 is 0 Å². The summed E-state index contributed by atoms with van der Waals surface area (Å²) < 4.78 is 4.59. The highest BCUT2D eigenvalue weighted by Gasteiger charge is 2.23. The van der Waals surface area contributed by atoms with E-state index < -0.39 is 0 Å². The zero-order valence-electron chi connectivity index (χ0n) is 18.9.